The molecule has 2 rings (SSSR count). The number of nitrogens with zero attached hydrogens (tertiary/aromatic N) is 2. The Balaban J connectivity index is 2.41. The van der Waals surface area contributed by atoms with Gasteiger partial charge in [0.2, 0.25) is 0 Å². The van der Waals surface area contributed by atoms with E-state index >= 15 is 0 Å². The fraction of sp³-hybridized carbons (Fsp3) is 0.333. The molecule has 0 aliphatic heterocycles. The molecule has 0 spiro atoms. The highest BCUT2D eigenvalue weighted by atomic mass is 79.9. The van der Waals surface area contributed by atoms with E-state index in [4.69, 9.17) is 4.74 Å². The van der Waals surface area contributed by atoms with Crippen molar-refractivity contribution in [3.8, 4) is 5.75 Å². The average molecular weight is 351 g/mol. The molecule has 0 fully saturated rings. The molecule has 0 saturated carbocycles. The van der Waals surface area contributed by atoms with Crippen LogP contribution >= 0.6 is 15.9 Å². The summed E-state index contributed by atoms with van der Waals surface area (Å²) in [5.41, 5.74) is 1.89. The van der Waals surface area contributed by atoms with Gasteiger partial charge in [0.1, 0.15) is 23.2 Å². The molecule has 0 aliphatic rings. The first kappa shape index (κ1) is 15.6. The zero-order chi connectivity index (χ0) is 15.4. The molecule has 1 aromatic carbocycles. The summed E-state index contributed by atoms with van der Waals surface area (Å²) >= 11 is 3.48. The first-order valence-corrected chi connectivity index (χ1v) is 7.53. The molecule has 1 heterocycles. The molecule has 0 amide bonds. The second-order valence-electron chi connectivity index (χ2n) is 4.57. The number of anilines is 3. The van der Waals surface area contributed by atoms with Gasteiger partial charge in [0.25, 0.3) is 0 Å². The molecule has 2 aromatic rings. The van der Waals surface area contributed by atoms with Crippen LogP contribution in [0.5, 0.6) is 5.75 Å². The normalized spacial score (nSPS) is 10.3. The Labute approximate surface area is 133 Å². The summed E-state index contributed by atoms with van der Waals surface area (Å²) in [6.07, 6.45) is 0.783. The number of hydrogen-bond donors (Lipinski definition) is 2. The van der Waals surface area contributed by atoms with E-state index in [1.165, 1.54) is 0 Å². The zero-order valence-electron chi connectivity index (χ0n) is 12.6. The number of methoxy groups -OCH3 is 1. The molecule has 0 aliphatic carbocycles. The third kappa shape index (κ3) is 3.64. The Morgan fingerprint density at radius 1 is 1.19 bits per heavy atom. The smallest absolute Gasteiger partial charge is 0.139 e. The number of hydrogen-bond acceptors (Lipinski definition) is 5. The van der Waals surface area contributed by atoms with E-state index in [2.05, 4.69) is 36.5 Å². The molecular formula is C15H19BrN4O. The maximum absolute atomic E-state index is 5.28. The Morgan fingerprint density at radius 3 is 2.52 bits per heavy atom. The van der Waals surface area contributed by atoms with Crippen LogP contribution in [-0.4, -0.2) is 24.1 Å². The van der Waals surface area contributed by atoms with Crippen molar-refractivity contribution < 1.29 is 4.74 Å². The van der Waals surface area contributed by atoms with E-state index in [1.807, 2.05) is 39.1 Å². The summed E-state index contributed by atoms with van der Waals surface area (Å²) in [5.74, 6) is 3.22. The third-order valence-electron chi connectivity index (χ3n) is 3.11. The lowest BCUT2D eigenvalue weighted by atomic mass is 10.2. The minimum atomic E-state index is 0.781. The van der Waals surface area contributed by atoms with Crippen molar-refractivity contribution in [2.75, 3.05) is 24.8 Å². The standard InChI is InChI=1S/C15H19BrN4O/c1-5-13-19-14(17-3)9(2)15(20-13)18-11-6-10(16)7-12(8-11)21-4/h6-8H,5H2,1-4H3,(H2,17,18,19,20). The molecule has 6 heteroatoms. The van der Waals surface area contributed by atoms with E-state index in [1.54, 1.807) is 7.11 Å². The van der Waals surface area contributed by atoms with Gasteiger partial charge in [-0.1, -0.05) is 22.9 Å². The van der Waals surface area contributed by atoms with Gasteiger partial charge >= 0.3 is 0 Å². The Hall–Kier alpha value is -1.82. The summed E-state index contributed by atoms with van der Waals surface area (Å²) in [7, 11) is 3.51. The van der Waals surface area contributed by atoms with Crippen LogP contribution in [-0.2, 0) is 6.42 Å². The van der Waals surface area contributed by atoms with Crippen LogP contribution in [0.25, 0.3) is 0 Å². The van der Waals surface area contributed by atoms with Gasteiger partial charge in [-0.3, -0.25) is 0 Å². The van der Waals surface area contributed by atoms with Crippen LogP contribution in [0.1, 0.15) is 18.3 Å². The summed E-state index contributed by atoms with van der Waals surface area (Å²) in [6.45, 7) is 4.03. The van der Waals surface area contributed by atoms with Crippen LogP contribution in [0.15, 0.2) is 22.7 Å². The molecule has 21 heavy (non-hydrogen) atoms. The number of ether oxygens (including phenoxy) is 1. The maximum Gasteiger partial charge on any atom is 0.139 e. The summed E-state index contributed by atoms with van der Waals surface area (Å²) in [6, 6.07) is 5.82. The molecule has 0 bridgehead atoms. The number of aryl methyl sites for hydroxylation is 1. The van der Waals surface area contributed by atoms with Gasteiger partial charge < -0.3 is 15.4 Å². The highest BCUT2D eigenvalue weighted by Gasteiger charge is 2.10. The minimum absolute atomic E-state index is 0.781. The predicted molar refractivity (Wildman–Crippen MR) is 89.7 cm³/mol. The highest BCUT2D eigenvalue weighted by Crippen LogP contribution is 2.28. The first-order valence-electron chi connectivity index (χ1n) is 6.74. The number of halogens is 1. The monoisotopic (exact) mass is 350 g/mol. The van der Waals surface area contributed by atoms with Gasteiger partial charge in [-0.25, -0.2) is 9.97 Å². The minimum Gasteiger partial charge on any atom is -0.497 e. The second-order valence-corrected chi connectivity index (χ2v) is 5.49. The van der Waals surface area contributed by atoms with Gasteiger partial charge in [-0.2, -0.15) is 0 Å². The van der Waals surface area contributed by atoms with Gasteiger partial charge in [0.15, 0.2) is 0 Å². The van der Waals surface area contributed by atoms with Gasteiger partial charge in [0, 0.05) is 35.3 Å². The van der Waals surface area contributed by atoms with Crippen LogP contribution in [0.2, 0.25) is 0 Å². The Morgan fingerprint density at radius 2 is 1.90 bits per heavy atom. The highest BCUT2D eigenvalue weighted by molar-refractivity contribution is 9.10. The molecule has 1 aromatic heterocycles. The van der Waals surface area contributed by atoms with Crippen molar-refractivity contribution in [1.29, 1.82) is 0 Å². The van der Waals surface area contributed by atoms with Crippen LogP contribution in [0.3, 0.4) is 0 Å². The summed E-state index contributed by atoms with van der Waals surface area (Å²) in [5, 5.41) is 6.44. The third-order valence-corrected chi connectivity index (χ3v) is 3.57. The quantitative estimate of drug-likeness (QED) is 0.856. The molecule has 0 radical (unpaired) electrons. The van der Waals surface area contributed by atoms with Gasteiger partial charge in [0.05, 0.1) is 7.11 Å². The van der Waals surface area contributed by atoms with E-state index in [-0.39, 0.29) is 0 Å². The second kappa shape index (κ2) is 6.76. The van der Waals surface area contributed by atoms with Crippen molar-refractivity contribution in [1.82, 2.24) is 9.97 Å². The lowest BCUT2D eigenvalue weighted by Gasteiger charge is -2.14. The maximum atomic E-state index is 5.28. The van der Waals surface area contributed by atoms with Crippen molar-refractivity contribution in [3.05, 3.63) is 34.1 Å². The van der Waals surface area contributed by atoms with Crippen LogP contribution < -0.4 is 15.4 Å². The molecule has 0 atom stereocenters. The lowest BCUT2D eigenvalue weighted by Crippen LogP contribution is -2.06. The van der Waals surface area contributed by atoms with Gasteiger partial charge in [-0.15, -0.1) is 0 Å². The van der Waals surface area contributed by atoms with Crippen molar-refractivity contribution in [2.45, 2.75) is 20.3 Å². The van der Waals surface area contributed by atoms with E-state index in [9.17, 15) is 0 Å². The lowest BCUT2D eigenvalue weighted by molar-refractivity contribution is 0.415. The topological polar surface area (TPSA) is 59.1 Å². The molecule has 112 valence electrons. The number of aromatic nitrogens is 2. The fourth-order valence-corrected chi connectivity index (χ4v) is 2.45. The average Bonchev–Trinajstić information content (AvgIpc) is 2.48. The molecule has 0 saturated heterocycles. The first-order chi connectivity index (χ1) is 10.1. The molecular weight excluding hydrogens is 332 g/mol. The number of nitrogens with one attached hydrogen (secondary N) is 2. The Kier molecular flexibility index (Phi) is 5.01. The van der Waals surface area contributed by atoms with Crippen molar-refractivity contribution in [2.24, 2.45) is 0 Å². The van der Waals surface area contributed by atoms with Crippen molar-refractivity contribution in [3.63, 3.8) is 0 Å². The zero-order valence-corrected chi connectivity index (χ0v) is 14.2. The molecule has 5 nitrogen and oxygen atoms in total. The van der Waals surface area contributed by atoms with Crippen molar-refractivity contribution >= 4 is 33.3 Å². The number of benzene rings is 1. The van der Waals surface area contributed by atoms with E-state index in [0.29, 0.717) is 0 Å². The molecule has 2 N–H and O–H groups in total. The fourth-order valence-electron chi connectivity index (χ4n) is 1.98. The summed E-state index contributed by atoms with van der Waals surface area (Å²) in [4.78, 5) is 9.03. The van der Waals surface area contributed by atoms with Crippen LogP contribution in [0.4, 0.5) is 17.3 Å². The summed E-state index contributed by atoms with van der Waals surface area (Å²) < 4.78 is 6.22. The van der Waals surface area contributed by atoms with Crippen LogP contribution in [0, 0.1) is 6.92 Å². The number of rotatable bonds is 5. The van der Waals surface area contributed by atoms with E-state index in [0.717, 1.165) is 45.4 Å². The molecule has 0 unspecified atom stereocenters. The largest absolute Gasteiger partial charge is 0.497 e. The Bertz CT molecular complexity index is 646. The van der Waals surface area contributed by atoms with Gasteiger partial charge in [-0.05, 0) is 19.1 Å². The van der Waals surface area contributed by atoms with E-state index < -0.39 is 0 Å². The SMILES string of the molecule is CCc1nc(NC)c(C)c(Nc2cc(Br)cc(OC)c2)n1. The predicted octanol–water partition coefficient (Wildman–Crippen LogP) is 3.90.